The molecule has 1 aromatic carbocycles. The molecule has 38 heavy (non-hydrogen) atoms. The van der Waals surface area contributed by atoms with Crippen LogP contribution in [0.1, 0.15) is 52.0 Å². The number of esters is 1. The Hall–Kier alpha value is -4.35. The summed E-state index contributed by atoms with van der Waals surface area (Å²) in [5.74, 6) is 1.06. The number of fused-ring (bicyclic) bond motifs is 2. The Kier molecular flexibility index (Phi) is 7.03. The van der Waals surface area contributed by atoms with Crippen molar-refractivity contribution in [3.05, 3.63) is 64.6 Å². The van der Waals surface area contributed by atoms with Crippen LogP contribution in [-0.4, -0.2) is 59.5 Å². The Bertz CT molecular complexity index is 1540. The van der Waals surface area contributed by atoms with Gasteiger partial charge >= 0.3 is 5.97 Å². The van der Waals surface area contributed by atoms with E-state index in [0.29, 0.717) is 39.6 Å². The highest BCUT2D eigenvalue weighted by Gasteiger charge is 2.36. The average Bonchev–Trinajstić information content (AvgIpc) is 3.56. The second kappa shape index (κ2) is 10.6. The normalized spacial score (nSPS) is 14.8. The minimum Gasteiger partial charge on any atom is -0.461 e. The van der Waals surface area contributed by atoms with E-state index in [1.807, 2.05) is 12.3 Å². The Morgan fingerprint density at radius 2 is 1.97 bits per heavy atom. The highest BCUT2D eigenvalue weighted by atomic mass is 16.5. The van der Waals surface area contributed by atoms with E-state index in [4.69, 9.17) is 11.2 Å². The highest BCUT2D eigenvalue weighted by molar-refractivity contribution is 6.50. The van der Waals surface area contributed by atoms with Crippen LogP contribution in [0.15, 0.2) is 36.7 Å². The smallest absolute Gasteiger partial charge is 0.340 e. The predicted octanol–water partition coefficient (Wildman–Crippen LogP) is 3.63. The molecule has 2 aliphatic rings. The highest BCUT2D eigenvalue weighted by Crippen LogP contribution is 2.39. The molecule has 2 N–H and O–H groups in total. The molecular weight excluding hydrogens is 480 g/mol. The van der Waals surface area contributed by atoms with E-state index in [-0.39, 0.29) is 6.61 Å². The third-order valence-electron chi connectivity index (χ3n) is 6.95. The number of amides is 2. The fourth-order valence-corrected chi connectivity index (χ4v) is 5.24. The van der Waals surface area contributed by atoms with Gasteiger partial charge in [-0.05, 0) is 46.0 Å². The van der Waals surface area contributed by atoms with Gasteiger partial charge in [-0.3, -0.25) is 14.9 Å². The van der Waals surface area contributed by atoms with Gasteiger partial charge in [0, 0.05) is 53.1 Å². The van der Waals surface area contributed by atoms with Crippen molar-refractivity contribution < 1.29 is 19.1 Å². The standard InChI is InChI=1S/C30H30N4O4/c1-4-5-16-38-30(37)21-12-8-11-20-22(17-31-27(20)21)25-26(29(36)32-28(25)35)23-18-34(15-9-14-33(2)3)24-13-7-6-10-19(23)24/h1,6,8,10-12,17-18,31H,5,7,9,13-16H2,2-3H3,(H,32,35,36). The second-order valence-corrected chi connectivity index (χ2v) is 9.75. The zero-order valence-corrected chi connectivity index (χ0v) is 21.6. The van der Waals surface area contributed by atoms with Crippen molar-refractivity contribution in [3.8, 4) is 12.3 Å². The molecule has 0 saturated heterocycles. The maximum atomic E-state index is 13.2. The summed E-state index contributed by atoms with van der Waals surface area (Å²) in [4.78, 5) is 44.4. The minimum absolute atomic E-state index is 0.121. The van der Waals surface area contributed by atoms with Crippen LogP contribution in [0.3, 0.4) is 0 Å². The molecule has 0 radical (unpaired) electrons. The number of aromatic nitrogens is 2. The van der Waals surface area contributed by atoms with Gasteiger partial charge in [0.2, 0.25) is 0 Å². The Morgan fingerprint density at radius 3 is 2.74 bits per heavy atom. The first-order valence-electron chi connectivity index (χ1n) is 12.7. The number of aromatic amines is 1. The van der Waals surface area contributed by atoms with Gasteiger partial charge in [-0.2, -0.15) is 0 Å². The first-order valence-corrected chi connectivity index (χ1v) is 12.7. The number of nitrogens with zero attached hydrogens (tertiary/aromatic N) is 2. The molecule has 0 saturated carbocycles. The van der Waals surface area contributed by atoms with Gasteiger partial charge in [-0.1, -0.05) is 24.3 Å². The lowest BCUT2D eigenvalue weighted by atomic mass is 9.92. The molecule has 3 aromatic rings. The van der Waals surface area contributed by atoms with Crippen molar-refractivity contribution >= 4 is 45.9 Å². The third-order valence-corrected chi connectivity index (χ3v) is 6.95. The van der Waals surface area contributed by atoms with E-state index in [9.17, 15) is 14.4 Å². The number of nitrogens with one attached hydrogen (secondary N) is 2. The number of ether oxygens (including phenoxy) is 1. The Balaban J connectivity index is 1.61. The van der Waals surface area contributed by atoms with Gasteiger partial charge in [0.15, 0.2) is 0 Å². The van der Waals surface area contributed by atoms with Gasteiger partial charge < -0.3 is 19.2 Å². The van der Waals surface area contributed by atoms with Crippen molar-refractivity contribution in [2.75, 3.05) is 27.2 Å². The monoisotopic (exact) mass is 510 g/mol. The Morgan fingerprint density at radius 1 is 1.18 bits per heavy atom. The number of hydrogen-bond acceptors (Lipinski definition) is 5. The quantitative estimate of drug-likeness (QED) is 0.198. The predicted molar refractivity (Wildman–Crippen MR) is 147 cm³/mol. The molecule has 8 heteroatoms. The molecule has 0 atom stereocenters. The summed E-state index contributed by atoms with van der Waals surface area (Å²) in [5.41, 5.74) is 5.00. The fourth-order valence-electron chi connectivity index (χ4n) is 5.24. The molecule has 0 unspecified atom stereocenters. The van der Waals surface area contributed by atoms with E-state index < -0.39 is 17.8 Å². The molecule has 1 aliphatic heterocycles. The lowest BCUT2D eigenvalue weighted by Crippen LogP contribution is -2.22. The van der Waals surface area contributed by atoms with E-state index >= 15 is 0 Å². The van der Waals surface area contributed by atoms with Crippen LogP contribution in [-0.2, 0) is 27.3 Å². The zero-order chi connectivity index (χ0) is 26.8. The molecule has 0 bridgehead atoms. The molecule has 8 nitrogen and oxygen atoms in total. The van der Waals surface area contributed by atoms with E-state index in [0.717, 1.165) is 43.5 Å². The minimum atomic E-state index is -0.505. The average molecular weight is 511 g/mol. The molecule has 2 aromatic heterocycles. The molecule has 1 aliphatic carbocycles. The number of rotatable bonds is 9. The van der Waals surface area contributed by atoms with E-state index in [1.54, 1.807) is 18.3 Å². The zero-order valence-electron chi connectivity index (χ0n) is 21.6. The molecule has 3 heterocycles. The molecule has 2 amide bonds. The number of hydrogen-bond donors (Lipinski definition) is 2. The lowest BCUT2D eigenvalue weighted by molar-refractivity contribution is -0.122. The number of para-hydroxylation sites is 1. The van der Waals surface area contributed by atoms with Crippen molar-refractivity contribution in [2.45, 2.75) is 32.2 Å². The summed E-state index contributed by atoms with van der Waals surface area (Å²) in [6.45, 7) is 1.90. The van der Waals surface area contributed by atoms with Gasteiger partial charge in [0.05, 0.1) is 22.2 Å². The number of carbonyl (C=O) groups is 3. The van der Waals surface area contributed by atoms with Gasteiger partial charge in [0.25, 0.3) is 11.8 Å². The molecule has 194 valence electrons. The van der Waals surface area contributed by atoms with Crippen LogP contribution in [0.2, 0.25) is 0 Å². The topological polar surface area (TPSA) is 96.4 Å². The summed E-state index contributed by atoms with van der Waals surface area (Å²) >= 11 is 0. The number of allylic oxidation sites excluding steroid dienone is 1. The molecule has 5 rings (SSSR count). The second-order valence-electron chi connectivity index (χ2n) is 9.75. The molecule has 0 fully saturated rings. The van der Waals surface area contributed by atoms with Gasteiger partial charge in [0.1, 0.15) is 6.61 Å². The number of H-pyrrole nitrogens is 1. The summed E-state index contributed by atoms with van der Waals surface area (Å²) in [5, 5.41) is 3.15. The summed E-state index contributed by atoms with van der Waals surface area (Å²) < 4.78 is 7.51. The number of imide groups is 1. The van der Waals surface area contributed by atoms with Crippen LogP contribution < -0.4 is 5.32 Å². The number of terminal acetylenes is 1. The van der Waals surface area contributed by atoms with Crippen LogP contribution in [0.4, 0.5) is 0 Å². The van der Waals surface area contributed by atoms with E-state index in [2.05, 4.69) is 51.9 Å². The molecular formula is C30H30N4O4. The summed E-state index contributed by atoms with van der Waals surface area (Å²) in [6.07, 6.45) is 16.2. The van der Waals surface area contributed by atoms with Gasteiger partial charge in [-0.25, -0.2) is 4.79 Å². The maximum Gasteiger partial charge on any atom is 0.340 e. The number of aryl methyl sites for hydroxylation is 1. The number of carbonyl (C=O) groups excluding carboxylic acids is 3. The Labute approximate surface area is 221 Å². The lowest BCUT2D eigenvalue weighted by Gasteiger charge is -2.14. The first-order chi connectivity index (χ1) is 18.4. The largest absolute Gasteiger partial charge is 0.461 e. The third kappa shape index (κ3) is 4.57. The maximum absolute atomic E-state index is 13.2. The fraction of sp³-hybridized carbons (Fsp3) is 0.300. The van der Waals surface area contributed by atoms with Crippen LogP contribution in [0.25, 0.3) is 28.1 Å². The van der Waals surface area contributed by atoms with Crippen molar-refractivity contribution in [2.24, 2.45) is 0 Å². The summed E-state index contributed by atoms with van der Waals surface area (Å²) in [7, 11) is 4.10. The van der Waals surface area contributed by atoms with Crippen LogP contribution >= 0.6 is 0 Å². The number of benzene rings is 1. The van der Waals surface area contributed by atoms with Crippen molar-refractivity contribution in [3.63, 3.8) is 0 Å². The van der Waals surface area contributed by atoms with E-state index in [1.165, 1.54) is 5.69 Å². The SMILES string of the molecule is C#CCCOC(=O)c1cccc2c(C3=C(c4cn(CCCN(C)C)c5c4C=CCC5)C(=O)NC3=O)c[nH]c12. The van der Waals surface area contributed by atoms with Crippen molar-refractivity contribution in [1.82, 2.24) is 19.8 Å². The van der Waals surface area contributed by atoms with Crippen LogP contribution in [0.5, 0.6) is 0 Å². The van der Waals surface area contributed by atoms with Gasteiger partial charge in [-0.15, -0.1) is 12.3 Å². The molecule has 0 spiro atoms. The summed E-state index contributed by atoms with van der Waals surface area (Å²) in [6, 6.07) is 5.21. The van der Waals surface area contributed by atoms with Crippen LogP contribution in [0, 0.1) is 12.3 Å². The van der Waals surface area contributed by atoms with Crippen molar-refractivity contribution in [1.29, 1.82) is 0 Å². The first kappa shape index (κ1) is 25.3.